The standard InChI is InChI=1S/C7H7FN/c1-5-2-3-6(9)4-7(5)8/h2,4H,9H2,1H3. The monoisotopic (exact) mass is 124 g/mol. The molecule has 47 valence electrons. The number of nitrogen functional groups attached to an aromatic ring is 1. The van der Waals surface area contributed by atoms with Gasteiger partial charge < -0.3 is 5.73 Å². The van der Waals surface area contributed by atoms with Crippen molar-refractivity contribution in [3.63, 3.8) is 0 Å². The van der Waals surface area contributed by atoms with E-state index in [1.54, 1.807) is 6.92 Å². The quantitative estimate of drug-likeness (QED) is 0.521. The Bertz CT molecular complexity index is 220. The highest BCUT2D eigenvalue weighted by molar-refractivity contribution is 5.38. The van der Waals surface area contributed by atoms with Gasteiger partial charge >= 0.3 is 0 Å². The Morgan fingerprint density at radius 1 is 1.67 bits per heavy atom. The molecule has 2 heteroatoms. The highest BCUT2D eigenvalue weighted by atomic mass is 19.1. The molecule has 1 aromatic carbocycles. The summed E-state index contributed by atoms with van der Waals surface area (Å²) in [6.45, 7) is 1.67. The van der Waals surface area contributed by atoms with Crippen LogP contribution < -0.4 is 5.73 Å². The Kier molecular flexibility index (Phi) is 1.39. The normalized spacial score (nSPS) is 9.56. The third-order valence-corrected chi connectivity index (χ3v) is 1.11. The summed E-state index contributed by atoms with van der Waals surface area (Å²) < 4.78 is 12.5. The first-order chi connectivity index (χ1) is 4.20. The van der Waals surface area contributed by atoms with Gasteiger partial charge in [0.15, 0.2) is 0 Å². The lowest BCUT2D eigenvalue weighted by atomic mass is 10.2. The van der Waals surface area contributed by atoms with Gasteiger partial charge in [0, 0.05) is 11.8 Å². The van der Waals surface area contributed by atoms with Gasteiger partial charge in [0.25, 0.3) is 0 Å². The zero-order valence-corrected chi connectivity index (χ0v) is 5.11. The van der Waals surface area contributed by atoms with Crippen LogP contribution in [0.25, 0.3) is 0 Å². The number of aryl methyl sites for hydroxylation is 1. The number of halogens is 1. The molecule has 0 atom stereocenters. The van der Waals surface area contributed by atoms with Gasteiger partial charge in [0.05, 0.1) is 0 Å². The molecule has 0 saturated heterocycles. The molecule has 0 aliphatic heterocycles. The van der Waals surface area contributed by atoms with E-state index in [0.29, 0.717) is 11.3 Å². The van der Waals surface area contributed by atoms with Crippen LogP contribution in [0.2, 0.25) is 0 Å². The predicted molar refractivity (Wildman–Crippen MR) is 34.4 cm³/mol. The molecule has 0 aromatic heterocycles. The lowest BCUT2D eigenvalue weighted by Crippen LogP contribution is -1.87. The van der Waals surface area contributed by atoms with Gasteiger partial charge in [-0.05, 0) is 24.6 Å². The summed E-state index contributed by atoms with van der Waals surface area (Å²) in [6, 6.07) is 5.47. The van der Waals surface area contributed by atoms with Gasteiger partial charge in [0.2, 0.25) is 0 Å². The van der Waals surface area contributed by atoms with Gasteiger partial charge in [0.1, 0.15) is 5.82 Å². The van der Waals surface area contributed by atoms with Crippen molar-refractivity contribution in [1.29, 1.82) is 0 Å². The minimum atomic E-state index is -0.272. The Labute approximate surface area is 53.3 Å². The topological polar surface area (TPSA) is 26.0 Å². The van der Waals surface area contributed by atoms with E-state index in [2.05, 4.69) is 6.07 Å². The van der Waals surface area contributed by atoms with Crippen LogP contribution in [0.3, 0.4) is 0 Å². The van der Waals surface area contributed by atoms with E-state index < -0.39 is 0 Å². The summed E-state index contributed by atoms with van der Waals surface area (Å²) in [6.07, 6.45) is 0. The first kappa shape index (κ1) is 6.08. The summed E-state index contributed by atoms with van der Waals surface area (Å²) in [7, 11) is 0. The van der Waals surface area contributed by atoms with Crippen molar-refractivity contribution in [2.75, 3.05) is 5.73 Å². The second-order valence-electron chi connectivity index (χ2n) is 1.92. The first-order valence-corrected chi connectivity index (χ1v) is 2.63. The number of hydrogen-bond donors (Lipinski definition) is 1. The molecule has 0 amide bonds. The van der Waals surface area contributed by atoms with Gasteiger partial charge in [-0.15, -0.1) is 0 Å². The minimum Gasteiger partial charge on any atom is -0.398 e. The number of anilines is 1. The molecule has 1 radical (unpaired) electrons. The van der Waals surface area contributed by atoms with E-state index in [0.717, 1.165) is 0 Å². The van der Waals surface area contributed by atoms with Crippen LogP contribution in [-0.2, 0) is 0 Å². The molecule has 0 fully saturated rings. The van der Waals surface area contributed by atoms with Crippen molar-refractivity contribution >= 4 is 5.69 Å². The van der Waals surface area contributed by atoms with Crippen molar-refractivity contribution in [3.8, 4) is 0 Å². The molecule has 1 nitrogen and oxygen atoms in total. The van der Waals surface area contributed by atoms with E-state index in [1.165, 1.54) is 12.1 Å². The smallest absolute Gasteiger partial charge is 0.128 e. The molecule has 2 N–H and O–H groups in total. The second-order valence-corrected chi connectivity index (χ2v) is 1.92. The Hall–Kier alpha value is -1.05. The van der Waals surface area contributed by atoms with Crippen molar-refractivity contribution in [3.05, 3.63) is 29.6 Å². The Morgan fingerprint density at radius 2 is 2.33 bits per heavy atom. The van der Waals surface area contributed by atoms with Crippen LogP contribution in [0, 0.1) is 18.8 Å². The Balaban J connectivity index is 3.17. The number of benzene rings is 1. The van der Waals surface area contributed by atoms with Crippen LogP contribution >= 0.6 is 0 Å². The van der Waals surface area contributed by atoms with Gasteiger partial charge in [-0.2, -0.15) is 0 Å². The fraction of sp³-hybridized carbons (Fsp3) is 0.143. The average Bonchev–Trinajstić information content (AvgIpc) is 1.80. The molecule has 0 aliphatic rings. The third-order valence-electron chi connectivity index (χ3n) is 1.11. The zero-order valence-electron chi connectivity index (χ0n) is 5.11. The fourth-order valence-corrected chi connectivity index (χ4v) is 0.553. The molecular weight excluding hydrogens is 117 g/mol. The summed E-state index contributed by atoms with van der Waals surface area (Å²) in [5.74, 6) is -0.272. The van der Waals surface area contributed by atoms with E-state index in [9.17, 15) is 4.39 Å². The fourth-order valence-electron chi connectivity index (χ4n) is 0.553. The summed E-state index contributed by atoms with van der Waals surface area (Å²) in [4.78, 5) is 0. The lowest BCUT2D eigenvalue weighted by molar-refractivity contribution is 0.619. The van der Waals surface area contributed by atoms with E-state index in [4.69, 9.17) is 5.73 Å². The predicted octanol–water partition coefficient (Wildman–Crippen LogP) is 1.52. The third kappa shape index (κ3) is 1.19. The van der Waals surface area contributed by atoms with Crippen molar-refractivity contribution in [2.45, 2.75) is 6.92 Å². The molecule has 0 heterocycles. The lowest BCUT2D eigenvalue weighted by Gasteiger charge is -1.94. The zero-order chi connectivity index (χ0) is 6.85. The Morgan fingerprint density at radius 3 is 2.78 bits per heavy atom. The van der Waals surface area contributed by atoms with E-state index in [-0.39, 0.29) is 5.82 Å². The number of hydrogen-bond acceptors (Lipinski definition) is 1. The molecule has 0 spiro atoms. The number of nitrogens with two attached hydrogens (primary N) is 1. The number of rotatable bonds is 0. The highest BCUT2D eigenvalue weighted by Gasteiger charge is 1.94. The molecular formula is C7H7FN. The van der Waals surface area contributed by atoms with Crippen molar-refractivity contribution < 1.29 is 4.39 Å². The van der Waals surface area contributed by atoms with Crippen molar-refractivity contribution in [2.24, 2.45) is 0 Å². The maximum absolute atomic E-state index is 12.5. The largest absolute Gasteiger partial charge is 0.398 e. The van der Waals surface area contributed by atoms with Crippen LogP contribution in [0.1, 0.15) is 5.56 Å². The van der Waals surface area contributed by atoms with Gasteiger partial charge in [-0.25, -0.2) is 4.39 Å². The maximum atomic E-state index is 12.5. The van der Waals surface area contributed by atoms with Gasteiger partial charge in [-0.3, -0.25) is 0 Å². The van der Waals surface area contributed by atoms with Crippen LogP contribution in [0.15, 0.2) is 12.1 Å². The first-order valence-electron chi connectivity index (χ1n) is 2.63. The molecule has 0 saturated carbocycles. The summed E-state index contributed by atoms with van der Waals surface area (Å²) in [5, 5.41) is 0. The molecule has 1 rings (SSSR count). The molecule has 9 heavy (non-hydrogen) atoms. The second kappa shape index (κ2) is 2.05. The summed E-state index contributed by atoms with van der Waals surface area (Å²) >= 11 is 0. The highest BCUT2D eigenvalue weighted by Crippen LogP contribution is 2.08. The van der Waals surface area contributed by atoms with Crippen LogP contribution in [0.4, 0.5) is 10.1 Å². The average molecular weight is 124 g/mol. The minimum absolute atomic E-state index is 0.272. The van der Waals surface area contributed by atoms with Crippen molar-refractivity contribution in [1.82, 2.24) is 0 Å². The molecule has 0 aliphatic carbocycles. The SMILES string of the molecule is Cc1c[c]c(N)cc1F. The van der Waals surface area contributed by atoms with E-state index >= 15 is 0 Å². The molecule has 0 unspecified atom stereocenters. The summed E-state index contributed by atoms with van der Waals surface area (Å²) in [5.41, 5.74) is 6.15. The van der Waals surface area contributed by atoms with Crippen LogP contribution in [0.5, 0.6) is 0 Å². The molecule has 1 aromatic rings. The van der Waals surface area contributed by atoms with E-state index in [1.807, 2.05) is 0 Å². The molecule has 0 bridgehead atoms. The van der Waals surface area contributed by atoms with Crippen LogP contribution in [-0.4, -0.2) is 0 Å². The van der Waals surface area contributed by atoms with Gasteiger partial charge in [-0.1, -0.05) is 0 Å². The maximum Gasteiger partial charge on any atom is 0.128 e.